The van der Waals surface area contributed by atoms with Gasteiger partial charge in [-0.3, -0.25) is 9.69 Å². The number of rotatable bonds is 6. The Bertz CT molecular complexity index is 599. The quantitative estimate of drug-likeness (QED) is 0.832. The summed E-state index contributed by atoms with van der Waals surface area (Å²) >= 11 is 0. The zero-order valence-electron chi connectivity index (χ0n) is 16.9. The van der Waals surface area contributed by atoms with E-state index in [4.69, 9.17) is 9.47 Å². The molecule has 2 aliphatic rings. The van der Waals surface area contributed by atoms with E-state index in [2.05, 4.69) is 48.3 Å². The highest BCUT2D eigenvalue weighted by Crippen LogP contribution is 2.35. The van der Waals surface area contributed by atoms with Crippen molar-refractivity contribution in [2.45, 2.75) is 58.3 Å². The van der Waals surface area contributed by atoms with Crippen molar-refractivity contribution < 1.29 is 14.3 Å². The van der Waals surface area contributed by atoms with Crippen LogP contribution in [0, 0.1) is 5.41 Å². The Hall–Kier alpha value is -1.43. The van der Waals surface area contributed by atoms with Crippen molar-refractivity contribution in [2.24, 2.45) is 5.41 Å². The van der Waals surface area contributed by atoms with Crippen LogP contribution < -0.4 is 5.32 Å². The van der Waals surface area contributed by atoms with E-state index in [0.717, 1.165) is 52.1 Å². The van der Waals surface area contributed by atoms with Crippen molar-refractivity contribution in [1.82, 2.24) is 10.2 Å². The molecule has 0 spiro atoms. The molecule has 27 heavy (non-hydrogen) atoms. The SMILES string of the molecule is CC(=O)N[C@@H]1C[C@H](Cc2ccccc2)O[C@H](C(C)(C)CN2CCOCC2)C1. The molecule has 1 amide bonds. The van der Waals surface area contributed by atoms with Gasteiger partial charge in [0.1, 0.15) is 0 Å². The van der Waals surface area contributed by atoms with Crippen LogP contribution in [0.3, 0.4) is 0 Å². The van der Waals surface area contributed by atoms with Crippen LogP contribution in [0.2, 0.25) is 0 Å². The summed E-state index contributed by atoms with van der Waals surface area (Å²) in [6, 6.07) is 10.7. The van der Waals surface area contributed by atoms with Gasteiger partial charge in [0.05, 0.1) is 25.4 Å². The van der Waals surface area contributed by atoms with Crippen LogP contribution in [-0.4, -0.2) is 61.9 Å². The minimum atomic E-state index is 0.0173. The topological polar surface area (TPSA) is 50.8 Å². The van der Waals surface area contributed by atoms with Crippen LogP contribution >= 0.6 is 0 Å². The molecule has 0 aromatic heterocycles. The Balaban J connectivity index is 1.68. The van der Waals surface area contributed by atoms with Gasteiger partial charge in [0.2, 0.25) is 5.91 Å². The molecule has 5 nitrogen and oxygen atoms in total. The monoisotopic (exact) mass is 374 g/mol. The van der Waals surface area contributed by atoms with Gasteiger partial charge in [0.15, 0.2) is 0 Å². The van der Waals surface area contributed by atoms with Gasteiger partial charge in [-0.2, -0.15) is 0 Å². The zero-order chi connectivity index (χ0) is 19.3. The lowest BCUT2D eigenvalue weighted by Crippen LogP contribution is -2.53. The van der Waals surface area contributed by atoms with Gasteiger partial charge >= 0.3 is 0 Å². The molecule has 150 valence electrons. The number of nitrogens with zero attached hydrogens (tertiary/aromatic N) is 1. The van der Waals surface area contributed by atoms with E-state index in [9.17, 15) is 4.79 Å². The van der Waals surface area contributed by atoms with E-state index < -0.39 is 0 Å². The number of carbonyl (C=O) groups is 1. The number of carbonyl (C=O) groups excluding carboxylic acids is 1. The van der Waals surface area contributed by atoms with Crippen LogP contribution in [0.15, 0.2) is 30.3 Å². The van der Waals surface area contributed by atoms with Crippen LogP contribution in [0.25, 0.3) is 0 Å². The second-order valence-corrected chi connectivity index (χ2v) is 8.68. The highest BCUT2D eigenvalue weighted by atomic mass is 16.5. The summed E-state index contributed by atoms with van der Waals surface area (Å²) < 4.78 is 12.1. The predicted octanol–water partition coefficient (Wildman–Crippen LogP) is 2.64. The van der Waals surface area contributed by atoms with E-state index in [1.165, 1.54) is 5.56 Å². The number of amides is 1. The van der Waals surface area contributed by atoms with Gasteiger partial charge in [-0.05, 0) is 24.8 Å². The molecule has 2 fully saturated rings. The molecule has 0 aliphatic carbocycles. The lowest BCUT2D eigenvalue weighted by atomic mass is 9.79. The number of benzene rings is 1. The van der Waals surface area contributed by atoms with Gasteiger partial charge in [-0.15, -0.1) is 0 Å². The lowest BCUT2D eigenvalue weighted by Gasteiger charge is -2.45. The van der Waals surface area contributed by atoms with Crippen molar-refractivity contribution >= 4 is 5.91 Å². The lowest BCUT2D eigenvalue weighted by molar-refractivity contribution is -0.131. The van der Waals surface area contributed by atoms with E-state index >= 15 is 0 Å². The maximum atomic E-state index is 11.7. The van der Waals surface area contributed by atoms with Crippen molar-refractivity contribution in [2.75, 3.05) is 32.8 Å². The Kier molecular flexibility index (Phi) is 6.90. The molecule has 1 N–H and O–H groups in total. The standard InChI is InChI=1S/C22H34N2O3/c1-17(25)23-19-14-20(13-18-7-5-4-6-8-18)27-21(15-19)22(2,3)16-24-9-11-26-12-10-24/h4-8,19-21H,9-16H2,1-3H3,(H,23,25)/t19-,20+,21+/m1/s1. The number of nitrogens with one attached hydrogen (secondary N) is 1. The molecular weight excluding hydrogens is 340 g/mol. The molecular formula is C22H34N2O3. The predicted molar refractivity (Wildman–Crippen MR) is 107 cm³/mol. The molecule has 0 unspecified atom stereocenters. The Morgan fingerprint density at radius 1 is 1.19 bits per heavy atom. The minimum absolute atomic E-state index is 0.0173. The fourth-order valence-corrected chi connectivity index (χ4v) is 4.37. The maximum absolute atomic E-state index is 11.7. The summed E-state index contributed by atoms with van der Waals surface area (Å²) in [5.41, 5.74) is 1.30. The number of hydrogen-bond donors (Lipinski definition) is 1. The molecule has 0 saturated carbocycles. The Labute approximate surface area is 163 Å². The van der Waals surface area contributed by atoms with Crippen molar-refractivity contribution in [3.8, 4) is 0 Å². The average molecular weight is 375 g/mol. The fourth-order valence-electron chi connectivity index (χ4n) is 4.37. The molecule has 2 heterocycles. The number of morpholine rings is 1. The molecule has 3 atom stereocenters. The van der Waals surface area contributed by atoms with E-state index in [0.29, 0.717) is 0 Å². The highest BCUT2D eigenvalue weighted by Gasteiger charge is 2.40. The van der Waals surface area contributed by atoms with Gasteiger partial charge in [0, 0.05) is 38.0 Å². The molecule has 2 saturated heterocycles. The third-order valence-electron chi connectivity index (χ3n) is 5.72. The summed E-state index contributed by atoms with van der Waals surface area (Å²) in [6.45, 7) is 10.8. The average Bonchev–Trinajstić information content (AvgIpc) is 2.62. The molecule has 0 bridgehead atoms. The Morgan fingerprint density at radius 3 is 2.56 bits per heavy atom. The summed E-state index contributed by atoms with van der Waals surface area (Å²) in [7, 11) is 0. The van der Waals surface area contributed by atoms with Gasteiger partial charge < -0.3 is 14.8 Å². The van der Waals surface area contributed by atoms with E-state index in [-0.39, 0.29) is 29.6 Å². The first-order chi connectivity index (χ1) is 12.9. The molecule has 1 aromatic rings. The first-order valence-electron chi connectivity index (χ1n) is 10.2. The van der Waals surface area contributed by atoms with Crippen LogP contribution in [0.4, 0.5) is 0 Å². The molecule has 2 aliphatic heterocycles. The smallest absolute Gasteiger partial charge is 0.217 e. The van der Waals surface area contributed by atoms with Crippen LogP contribution in [0.1, 0.15) is 39.2 Å². The van der Waals surface area contributed by atoms with Crippen molar-refractivity contribution in [3.05, 3.63) is 35.9 Å². The Morgan fingerprint density at radius 2 is 1.89 bits per heavy atom. The first-order valence-corrected chi connectivity index (χ1v) is 10.2. The summed E-state index contributed by atoms with van der Waals surface area (Å²) in [4.78, 5) is 14.1. The minimum Gasteiger partial charge on any atom is -0.379 e. The zero-order valence-corrected chi connectivity index (χ0v) is 16.9. The third kappa shape index (κ3) is 6.03. The molecule has 0 radical (unpaired) electrons. The second-order valence-electron chi connectivity index (χ2n) is 8.68. The van der Waals surface area contributed by atoms with Gasteiger partial charge in [-0.25, -0.2) is 0 Å². The van der Waals surface area contributed by atoms with Crippen molar-refractivity contribution in [1.29, 1.82) is 0 Å². The normalized spacial score (nSPS) is 27.3. The first kappa shape index (κ1) is 20.3. The van der Waals surface area contributed by atoms with E-state index in [1.807, 2.05) is 6.07 Å². The molecule has 1 aromatic carbocycles. The molecule has 5 heteroatoms. The largest absolute Gasteiger partial charge is 0.379 e. The third-order valence-corrected chi connectivity index (χ3v) is 5.72. The number of hydrogen-bond acceptors (Lipinski definition) is 4. The second kappa shape index (κ2) is 9.18. The summed E-state index contributed by atoms with van der Waals surface area (Å²) in [5, 5.41) is 3.15. The van der Waals surface area contributed by atoms with Gasteiger partial charge in [0.25, 0.3) is 0 Å². The molecule has 3 rings (SSSR count). The van der Waals surface area contributed by atoms with E-state index in [1.54, 1.807) is 6.92 Å². The van der Waals surface area contributed by atoms with Crippen LogP contribution in [0.5, 0.6) is 0 Å². The summed E-state index contributed by atoms with van der Waals surface area (Å²) in [6.07, 6.45) is 2.90. The fraction of sp³-hybridized carbons (Fsp3) is 0.682. The maximum Gasteiger partial charge on any atom is 0.217 e. The van der Waals surface area contributed by atoms with Crippen molar-refractivity contribution in [3.63, 3.8) is 0 Å². The number of ether oxygens (including phenoxy) is 2. The van der Waals surface area contributed by atoms with Crippen LogP contribution in [-0.2, 0) is 20.7 Å². The highest BCUT2D eigenvalue weighted by molar-refractivity contribution is 5.73. The summed E-state index contributed by atoms with van der Waals surface area (Å²) in [5.74, 6) is 0.0464. The van der Waals surface area contributed by atoms with Gasteiger partial charge in [-0.1, -0.05) is 44.2 Å².